The molecule has 6 nitrogen and oxygen atoms in total. The van der Waals surface area contributed by atoms with Crippen molar-refractivity contribution in [3.63, 3.8) is 0 Å². The van der Waals surface area contributed by atoms with Gasteiger partial charge in [-0.1, -0.05) is 0 Å². The van der Waals surface area contributed by atoms with E-state index in [1.807, 2.05) is 12.1 Å². The van der Waals surface area contributed by atoms with Gasteiger partial charge in [0.2, 0.25) is 5.88 Å². The van der Waals surface area contributed by atoms with Crippen molar-refractivity contribution in [1.29, 1.82) is 5.26 Å². The van der Waals surface area contributed by atoms with E-state index in [1.54, 1.807) is 0 Å². The normalized spacial score (nSPS) is 15.0. The second kappa shape index (κ2) is 6.81. The van der Waals surface area contributed by atoms with Gasteiger partial charge in [0.1, 0.15) is 5.82 Å². The van der Waals surface area contributed by atoms with Crippen LogP contribution in [0, 0.1) is 11.3 Å². The Morgan fingerprint density at radius 2 is 2.21 bits per heavy atom. The summed E-state index contributed by atoms with van der Waals surface area (Å²) in [7, 11) is 0. The highest BCUT2D eigenvalue weighted by molar-refractivity contribution is 5.55. The van der Waals surface area contributed by atoms with Crippen molar-refractivity contribution in [2.75, 3.05) is 43.5 Å². The fraction of sp³-hybridized carbons (Fsp3) is 0.538. The highest BCUT2D eigenvalue weighted by atomic mass is 16.5. The number of hydrogen-bond donors (Lipinski definition) is 1. The molecule has 0 atom stereocenters. The standard InChI is InChI=1S/C13H18N4O2/c14-3-1-2-6-19-13-10-11(9-12(15)16-13)17-4-7-18-8-5-17/h9-10H,1-2,4-8H2,(H2,15,16). The van der Waals surface area contributed by atoms with Crippen LogP contribution in [0.25, 0.3) is 0 Å². The average molecular weight is 262 g/mol. The highest BCUT2D eigenvalue weighted by Crippen LogP contribution is 2.23. The molecule has 2 rings (SSSR count). The quantitative estimate of drug-likeness (QED) is 0.802. The largest absolute Gasteiger partial charge is 0.478 e. The maximum atomic E-state index is 8.46. The van der Waals surface area contributed by atoms with E-state index in [0.29, 0.717) is 31.1 Å². The molecule has 0 aliphatic carbocycles. The van der Waals surface area contributed by atoms with Gasteiger partial charge in [-0.15, -0.1) is 0 Å². The van der Waals surface area contributed by atoms with Gasteiger partial charge in [-0.05, 0) is 6.42 Å². The Morgan fingerprint density at radius 3 is 2.95 bits per heavy atom. The molecule has 1 aliphatic heterocycles. The summed E-state index contributed by atoms with van der Waals surface area (Å²) in [5, 5.41) is 8.46. The lowest BCUT2D eigenvalue weighted by atomic mass is 10.3. The molecule has 0 unspecified atom stereocenters. The third kappa shape index (κ3) is 4.00. The molecule has 0 spiro atoms. The predicted octanol–water partition coefficient (Wildman–Crippen LogP) is 1.18. The SMILES string of the molecule is N#CCCCOc1cc(N2CCOCC2)cc(N)n1. The van der Waals surface area contributed by atoms with E-state index in [1.165, 1.54) is 0 Å². The molecule has 1 saturated heterocycles. The van der Waals surface area contributed by atoms with E-state index in [9.17, 15) is 0 Å². The molecule has 0 aromatic carbocycles. The number of pyridine rings is 1. The summed E-state index contributed by atoms with van der Waals surface area (Å²) < 4.78 is 10.8. The van der Waals surface area contributed by atoms with Crippen LogP contribution in [-0.2, 0) is 4.74 Å². The molecule has 0 radical (unpaired) electrons. The second-order valence-corrected chi connectivity index (χ2v) is 4.30. The zero-order valence-electron chi connectivity index (χ0n) is 10.8. The molecule has 0 bridgehead atoms. The van der Waals surface area contributed by atoms with E-state index < -0.39 is 0 Å². The Labute approximate surface area is 112 Å². The summed E-state index contributed by atoms with van der Waals surface area (Å²) in [5.74, 6) is 0.957. The first-order chi connectivity index (χ1) is 9.29. The van der Waals surface area contributed by atoms with Gasteiger partial charge >= 0.3 is 0 Å². The highest BCUT2D eigenvalue weighted by Gasteiger charge is 2.13. The number of unbranched alkanes of at least 4 members (excludes halogenated alkanes) is 1. The molecule has 2 N–H and O–H groups in total. The summed E-state index contributed by atoms with van der Waals surface area (Å²) in [5.41, 5.74) is 6.80. The molecule has 0 saturated carbocycles. The maximum Gasteiger partial charge on any atom is 0.217 e. The molecule has 102 valence electrons. The minimum atomic E-state index is 0.444. The minimum absolute atomic E-state index is 0.444. The zero-order chi connectivity index (χ0) is 13.5. The van der Waals surface area contributed by atoms with Gasteiger partial charge in [0, 0.05) is 37.3 Å². The van der Waals surface area contributed by atoms with E-state index in [0.717, 1.165) is 32.0 Å². The number of rotatable bonds is 5. The number of nitrogens with zero attached hydrogens (tertiary/aromatic N) is 3. The number of morpholine rings is 1. The number of hydrogen-bond acceptors (Lipinski definition) is 6. The lowest BCUT2D eigenvalue weighted by molar-refractivity contribution is 0.122. The molecule has 1 fully saturated rings. The summed E-state index contributed by atoms with van der Waals surface area (Å²) >= 11 is 0. The average Bonchev–Trinajstić information content (AvgIpc) is 2.44. The summed E-state index contributed by atoms with van der Waals surface area (Å²) in [4.78, 5) is 6.34. The van der Waals surface area contributed by atoms with Crippen LogP contribution in [0.15, 0.2) is 12.1 Å². The topological polar surface area (TPSA) is 84.4 Å². The molecule has 0 amide bonds. The lowest BCUT2D eigenvalue weighted by Crippen LogP contribution is -2.36. The number of nitrogens with two attached hydrogens (primary N) is 1. The lowest BCUT2D eigenvalue weighted by Gasteiger charge is -2.29. The third-order valence-electron chi connectivity index (χ3n) is 2.87. The number of aromatic nitrogens is 1. The Bertz CT molecular complexity index is 452. The van der Waals surface area contributed by atoms with Crippen LogP contribution in [0.3, 0.4) is 0 Å². The number of ether oxygens (including phenoxy) is 2. The fourth-order valence-corrected chi connectivity index (χ4v) is 1.92. The molecular formula is C13H18N4O2. The first-order valence-electron chi connectivity index (χ1n) is 6.39. The number of nitrogen functional groups attached to an aromatic ring is 1. The molecule has 6 heteroatoms. The van der Waals surface area contributed by atoms with Crippen molar-refractivity contribution in [1.82, 2.24) is 4.98 Å². The fourth-order valence-electron chi connectivity index (χ4n) is 1.92. The predicted molar refractivity (Wildman–Crippen MR) is 72.0 cm³/mol. The Morgan fingerprint density at radius 1 is 1.42 bits per heavy atom. The van der Waals surface area contributed by atoms with Crippen LogP contribution in [0.1, 0.15) is 12.8 Å². The van der Waals surface area contributed by atoms with Crippen molar-refractivity contribution < 1.29 is 9.47 Å². The number of nitriles is 1. The van der Waals surface area contributed by atoms with Gasteiger partial charge in [-0.25, -0.2) is 0 Å². The van der Waals surface area contributed by atoms with Gasteiger partial charge in [0.15, 0.2) is 0 Å². The van der Waals surface area contributed by atoms with Gasteiger partial charge in [-0.2, -0.15) is 10.2 Å². The molecule has 1 aliphatic rings. The van der Waals surface area contributed by atoms with Crippen LogP contribution < -0.4 is 15.4 Å². The molecular weight excluding hydrogens is 244 g/mol. The molecule has 19 heavy (non-hydrogen) atoms. The maximum absolute atomic E-state index is 8.46. The zero-order valence-corrected chi connectivity index (χ0v) is 10.8. The van der Waals surface area contributed by atoms with E-state index in [4.69, 9.17) is 20.5 Å². The van der Waals surface area contributed by atoms with Gasteiger partial charge < -0.3 is 20.1 Å². The van der Waals surface area contributed by atoms with Crippen LogP contribution in [-0.4, -0.2) is 37.9 Å². The summed E-state index contributed by atoms with van der Waals surface area (Å²) in [6, 6.07) is 5.80. The van der Waals surface area contributed by atoms with Crippen LogP contribution in [0.4, 0.5) is 11.5 Å². The molecule has 1 aromatic heterocycles. The van der Waals surface area contributed by atoms with Gasteiger partial charge in [0.05, 0.1) is 25.9 Å². The monoisotopic (exact) mass is 262 g/mol. The smallest absolute Gasteiger partial charge is 0.217 e. The van der Waals surface area contributed by atoms with E-state index in [2.05, 4.69) is 16.0 Å². The van der Waals surface area contributed by atoms with Crippen LogP contribution in [0.5, 0.6) is 5.88 Å². The number of anilines is 2. The van der Waals surface area contributed by atoms with Gasteiger partial charge in [-0.3, -0.25) is 0 Å². The second-order valence-electron chi connectivity index (χ2n) is 4.30. The third-order valence-corrected chi connectivity index (χ3v) is 2.87. The minimum Gasteiger partial charge on any atom is -0.478 e. The van der Waals surface area contributed by atoms with Crippen molar-refractivity contribution in [2.24, 2.45) is 0 Å². The van der Waals surface area contributed by atoms with Crippen molar-refractivity contribution in [2.45, 2.75) is 12.8 Å². The van der Waals surface area contributed by atoms with Crippen molar-refractivity contribution >= 4 is 11.5 Å². The molecule has 1 aromatic rings. The first kappa shape index (κ1) is 13.4. The first-order valence-corrected chi connectivity index (χ1v) is 6.39. The van der Waals surface area contributed by atoms with E-state index in [-0.39, 0.29) is 0 Å². The van der Waals surface area contributed by atoms with Crippen LogP contribution >= 0.6 is 0 Å². The van der Waals surface area contributed by atoms with Crippen molar-refractivity contribution in [3.05, 3.63) is 12.1 Å². The van der Waals surface area contributed by atoms with Gasteiger partial charge in [0.25, 0.3) is 0 Å². The Hall–Kier alpha value is -2.00. The Kier molecular flexibility index (Phi) is 4.81. The van der Waals surface area contributed by atoms with Crippen molar-refractivity contribution in [3.8, 4) is 11.9 Å². The van der Waals surface area contributed by atoms with E-state index >= 15 is 0 Å². The van der Waals surface area contributed by atoms with Crippen LogP contribution in [0.2, 0.25) is 0 Å². The summed E-state index contributed by atoms with van der Waals surface area (Å²) in [6.07, 6.45) is 1.18. The molecule has 2 heterocycles. The summed E-state index contributed by atoms with van der Waals surface area (Å²) in [6.45, 7) is 3.61. The Balaban J connectivity index is 2.00.